The first-order chi connectivity index (χ1) is 10.1. The molecule has 0 atom stereocenters. The van der Waals surface area contributed by atoms with Gasteiger partial charge in [-0.1, -0.05) is 25.4 Å². The fraction of sp³-hybridized carbons (Fsp3) is 0.625. The van der Waals surface area contributed by atoms with Crippen molar-refractivity contribution in [3.05, 3.63) is 22.7 Å². The molecule has 0 saturated carbocycles. The van der Waals surface area contributed by atoms with Gasteiger partial charge in [-0.25, -0.2) is 0 Å². The zero-order chi connectivity index (χ0) is 15.8. The first-order valence-electron chi connectivity index (χ1n) is 7.35. The zero-order valence-electron chi connectivity index (χ0n) is 13.4. The molecule has 0 bridgehead atoms. The van der Waals surface area contributed by atoms with Crippen LogP contribution in [0.25, 0.3) is 0 Å². The van der Waals surface area contributed by atoms with Gasteiger partial charge in [0.1, 0.15) is 0 Å². The summed E-state index contributed by atoms with van der Waals surface area (Å²) in [5.41, 5.74) is 1.03. The summed E-state index contributed by atoms with van der Waals surface area (Å²) in [5, 5.41) is 10.1. The van der Waals surface area contributed by atoms with Crippen molar-refractivity contribution in [3.63, 3.8) is 0 Å². The van der Waals surface area contributed by atoms with Crippen LogP contribution in [0, 0.1) is 0 Å². The number of methoxy groups -OCH3 is 2. The predicted octanol–water partition coefficient (Wildman–Crippen LogP) is 3.69. The monoisotopic (exact) mass is 315 g/mol. The van der Waals surface area contributed by atoms with E-state index in [1.54, 1.807) is 13.2 Å². The third kappa shape index (κ3) is 5.06. The first kappa shape index (κ1) is 18.1. The molecule has 1 aromatic rings. The number of halogens is 1. The standard InChI is InChI=1S/C16H26ClNO3/c1-5-13(6-2)18(7-8-20-3)11-12-9-14(17)16(19)15(10-12)21-4/h9-10,13,19H,5-8,11H2,1-4H3. The molecule has 0 aliphatic heterocycles. The Morgan fingerprint density at radius 3 is 2.43 bits per heavy atom. The van der Waals surface area contributed by atoms with Crippen LogP contribution in [-0.2, 0) is 11.3 Å². The Morgan fingerprint density at radius 2 is 1.90 bits per heavy atom. The molecule has 1 N–H and O–H groups in total. The minimum absolute atomic E-state index is 0.00566. The highest BCUT2D eigenvalue weighted by Gasteiger charge is 2.17. The molecule has 0 amide bonds. The summed E-state index contributed by atoms with van der Waals surface area (Å²) >= 11 is 6.06. The van der Waals surface area contributed by atoms with Crippen molar-refractivity contribution in [2.45, 2.75) is 39.3 Å². The lowest BCUT2D eigenvalue weighted by molar-refractivity contribution is 0.110. The molecule has 5 heteroatoms. The number of phenolic OH excluding ortho intramolecular Hbond substituents is 1. The fourth-order valence-corrected chi connectivity index (χ4v) is 2.75. The molecule has 0 radical (unpaired) electrons. The number of ether oxygens (including phenoxy) is 2. The normalized spacial score (nSPS) is 11.4. The lowest BCUT2D eigenvalue weighted by Crippen LogP contribution is -2.36. The minimum atomic E-state index is -0.00566. The molecule has 1 rings (SSSR count). The lowest BCUT2D eigenvalue weighted by atomic mass is 10.1. The maximum Gasteiger partial charge on any atom is 0.176 e. The van der Waals surface area contributed by atoms with Crippen LogP contribution in [0.5, 0.6) is 11.5 Å². The van der Waals surface area contributed by atoms with Gasteiger partial charge in [0.2, 0.25) is 0 Å². The summed E-state index contributed by atoms with van der Waals surface area (Å²) in [6.07, 6.45) is 2.17. The zero-order valence-corrected chi connectivity index (χ0v) is 14.1. The summed E-state index contributed by atoms with van der Waals surface area (Å²) in [6, 6.07) is 4.13. The van der Waals surface area contributed by atoms with E-state index < -0.39 is 0 Å². The maximum absolute atomic E-state index is 9.81. The highest BCUT2D eigenvalue weighted by molar-refractivity contribution is 6.32. The van der Waals surface area contributed by atoms with Crippen LogP contribution < -0.4 is 4.74 Å². The van der Waals surface area contributed by atoms with E-state index in [2.05, 4.69) is 18.7 Å². The van der Waals surface area contributed by atoms with Gasteiger partial charge in [-0.05, 0) is 30.5 Å². The molecule has 4 nitrogen and oxygen atoms in total. The molecule has 0 spiro atoms. The lowest BCUT2D eigenvalue weighted by Gasteiger charge is -2.30. The van der Waals surface area contributed by atoms with Crippen LogP contribution in [0.1, 0.15) is 32.3 Å². The van der Waals surface area contributed by atoms with Crippen molar-refractivity contribution < 1.29 is 14.6 Å². The Kier molecular flexibility index (Phi) is 7.86. The van der Waals surface area contributed by atoms with Gasteiger partial charge in [-0.2, -0.15) is 0 Å². The average Bonchev–Trinajstić information content (AvgIpc) is 2.49. The average molecular weight is 316 g/mol. The Morgan fingerprint density at radius 1 is 1.24 bits per heavy atom. The second-order valence-corrected chi connectivity index (χ2v) is 5.47. The summed E-state index contributed by atoms with van der Waals surface area (Å²) in [7, 11) is 3.24. The highest BCUT2D eigenvalue weighted by Crippen LogP contribution is 2.35. The van der Waals surface area contributed by atoms with E-state index in [-0.39, 0.29) is 5.75 Å². The van der Waals surface area contributed by atoms with E-state index in [0.717, 1.165) is 31.5 Å². The predicted molar refractivity (Wildman–Crippen MR) is 86.3 cm³/mol. The number of phenols is 1. The molecule has 0 aliphatic rings. The van der Waals surface area contributed by atoms with E-state index in [4.69, 9.17) is 21.1 Å². The second-order valence-electron chi connectivity index (χ2n) is 5.06. The molecular weight excluding hydrogens is 290 g/mol. The number of hydrogen-bond acceptors (Lipinski definition) is 4. The molecule has 1 aromatic carbocycles. The van der Waals surface area contributed by atoms with Crippen LogP contribution in [0.3, 0.4) is 0 Å². The highest BCUT2D eigenvalue weighted by atomic mass is 35.5. The van der Waals surface area contributed by atoms with E-state index in [0.29, 0.717) is 23.4 Å². The summed E-state index contributed by atoms with van der Waals surface area (Å²) in [6.45, 7) is 6.70. The van der Waals surface area contributed by atoms with Crippen molar-refractivity contribution in [1.29, 1.82) is 0 Å². The van der Waals surface area contributed by atoms with Gasteiger partial charge in [-0.15, -0.1) is 0 Å². The van der Waals surface area contributed by atoms with Gasteiger partial charge in [0.15, 0.2) is 11.5 Å². The van der Waals surface area contributed by atoms with E-state index in [1.807, 2.05) is 6.07 Å². The van der Waals surface area contributed by atoms with Crippen molar-refractivity contribution in [2.24, 2.45) is 0 Å². The topological polar surface area (TPSA) is 41.9 Å². The van der Waals surface area contributed by atoms with E-state index in [1.165, 1.54) is 7.11 Å². The number of benzene rings is 1. The van der Waals surface area contributed by atoms with Gasteiger partial charge in [0.25, 0.3) is 0 Å². The molecule has 0 aliphatic carbocycles. The van der Waals surface area contributed by atoms with Crippen molar-refractivity contribution >= 4 is 11.6 Å². The summed E-state index contributed by atoms with van der Waals surface area (Å²) in [5.74, 6) is 0.405. The van der Waals surface area contributed by atoms with Gasteiger partial charge in [-0.3, -0.25) is 4.90 Å². The minimum Gasteiger partial charge on any atom is -0.503 e. The summed E-state index contributed by atoms with van der Waals surface area (Å²) < 4.78 is 10.4. The fourth-order valence-electron chi connectivity index (χ4n) is 2.51. The molecular formula is C16H26ClNO3. The van der Waals surface area contributed by atoms with Crippen LogP contribution in [-0.4, -0.2) is 43.4 Å². The summed E-state index contributed by atoms with van der Waals surface area (Å²) in [4.78, 5) is 2.38. The van der Waals surface area contributed by atoms with Gasteiger partial charge < -0.3 is 14.6 Å². The van der Waals surface area contributed by atoms with Crippen LogP contribution >= 0.6 is 11.6 Å². The smallest absolute Gasteiger partial charge is 0.176 e. The Balaban J connectivity index is 2.94. The van der Waals surface area contributed by atoms with Gasteiger partial charge in [0.05, 0.1) is 18.7 Å². The number of aromatic hydroxyl groups is 1. The largest absolute Gasteiger partial charge is 0.503 e. The maximum atomic E-state index is 9.81. The van der Waals surface area contributed by atoms with Crippen LogP contribution in [0.2, 0.25) is 5.02 Å². The first-order valence-corrected chi connectivity index (χ1v) is 7.73. The van der Waals surface area contributed by atoms with E-state index >= 15 is 0 Å². The number of rotatable bonds is 9. The molecule has 120 valence electrons. The van der Waals surface area contributed by atoms with E-state index in [9.17, 15) is 5.11 Å². The molecule has 0 aromatic heterocycles. The van der Waals surface area contributed by atoms with Crippen molar-refractivity contribution in [1.82, 2.24) is 4.90 Å². The quantitative estimate of drug-likeness (QED) is 0.754. The third-order valence-corrected chi connectivity index (χ3v) is 4.02. The third-order valence-electron chi connectivity index (χ3n) is 3.74. The van der Waals surface area contributed by atoms with Crippen molar-refractivity contribution in [2.75, 3.05) is 27.4 Å². The van der Waals surface area contributed by atoms with Gasteiger partial charge >= 0.3 is 0 Å². The van der Waals surface area contributed by atoms with Gasteiger partial charge in [0, 0.05) is 26.2 Å². The molecule has 0 saturated heterocycles. The van der Waals surface area contributed by atoms with Crippen LogP contribution in [0.15, 0.2) is 12.1 Å². The Bertz CT molecular complexity index is 436. The second kappa shape index (κ2) is 9.13. The molecule has 21 heavy (non-hydrogen) atoms. The number of hydrogen-bond donors (Lipinski definition) is 1. The molecule has 0 unspecified atom stereocenters. The molecule has 0 fully saturated rings. The van der Waals surface area contributed by atoms with Crippen molar-refractivity contribution in [3.8, 4) is 11.5 Å². The Labute approximate surface area is 132 Å². The number of nitrogens with zero attached hydrogens (tertiary/aromatic N) is 1. The SMILES string of the molecule is CCC(CC)N(CCOC)Cc1cc(Cl)c(O)c(OC)c1. The van der Waals surface area contributed by atoms with Crippen LogP contribution in [0.4, 0.5) is 0 Å². The Hall–Kier alpha value is -0.970. The molecule has 0 heterocycles.